The van der Waals surface area contributed by atoms with Crippen molar-refractivity contribution in [2.75, 3.05) is 13.2 Å². The molecule has 6 nitrogen and oxygen atoms in total. The molecule has 0 aromatic heterocycles. The van der Waals surface area contributed by atoms with Crippen molar-refractivity contribution in [3.8, 4) is 0 Å². The molecule has 0 saturated carbocycles. The van der Waals surface area contributed by atoms with Gasteiger partial charge in [0, 0.05) is 4.91 Å². The molecule has 13 heavy (non-hydrogen) atoms. The third kappa shape index (κ3) is 2.86. The van der Waals surface area contributed by atoms with Gasteiger partial charge < -0.3 is 14.6 Å². The molecule has 2 atom stereocenters. The smallest absolute Gasteiger partial charge is 0.162 e. The van der Waals surface area contributed by atoms with E-state index in [1.54, 1.807) is 13.8 Å². The number of aliphatic hydroxyl groups is 1. The topological polar surface area (TPSA) is 87.5 Å². The second-order valence-electron chi connectivity index (χ2n) is 3.36. The molecule has 0 radical (unpaired) electrons. The summed E-state index contributed by atoms with van der Waals surface area (Å²) in [6.07, 6.45) is -0.794. The van der Waals surface area contributed by atoms with E-state index < -0.39 is 17.9 Å². The number of ether oxygens (including phenoxy) is 2. The van der Waals surface area contributed by atoms with Gasteiger partial charge in [-0.15, -0.1) is 0 Å². The predicted molar refractivity (Wildman–Crippen MR) is 44.9 cm³/mol. The lowest BCUT2D eigenvalue weighted by molar-refractivity contribution is -0.203. The molecule has 6 heteroatoms. The maximum absolute atomic E-state index is 9.44. The van der Waals surface area contributed by atoms with Crippen LogP contribution >= 0.6 is 0 Å². The van der Waals surface area contributed by atoms with Crippen molar-refractivity contribution in [1.29, 1.82) is 0 Å². The van der Waals surface area contributed by atoms with Gasteiger partial charge in [-0.2, -0.15) is 0 Å². The lowest BCUT2D eigenvalue weighted by Crippen LogP contribution is -2.29. The van der Waals surface area contributed by atoms with Crippen LogP contribution in [0.1, 0.15) is 13.8 Å². The summed E-state index contributed by atoms with van der Waals surface area (Å²) in [7, 11) is 0. The highest BCUT2D eigenvalue weighted by atomic mass is 16.7. The molecule has 0 aromatic carbocycles. The molecule has 0 aromatic rings. The molecule has 0 amide bonds. The van der Waals surface area contributed by atoms with Crippen LogP contribution in [0, 0.1) is 0 Å². The first-order valence-corrected chi connectivity index (χ1v) is 4.05. The van der Waals surface area contributed by atoms with Crippen LogP contribution in [0.15, 0.2) is 5.11 Å². The van der Waals surface area contributed by atoms with E-state index in [0.29, 0.717) is 0 Å². The second-order valence-corrected chi connectivity index (χ2v) is 3.36. The molecule has 1 heterocycles. The number of hydrogen-bond acceptors (Lipinski definition) is 4. The van der Waals surface area contributed by atoms with Crippen molar-refractivity contribution in [1.82, 2.24) is 0 Å². The van der Waals surface area contributed by atoms with E-state index in [-0.39, 0.29) is 13.2 Å². The van der Waals surface area contributed by atoms with Gasteiger partial charge in [0.2, 0.25) is 0 Å². The predicted octanol–water partition coefficient (Wildman–Crippen LogP) is 0.809. The number of hydrogen-bond donors (Lipinski definition) is 1. The van der Waals surface area contributed by atoms with E-state index in [9.17, 15) is 5.11 Å². The average molecular weight is 187 g/mol. The van der Waals surface area contributed by atoms with Gasteiger partial charge in [0.15, 0.2) is 5.79 Å². The summed E-state index contributed by atoms with van der Waals surface area (Å²) in [4.78, 5) is 2.63. The Morgan fingerprint density at radius 2 is 2.08 bits per heavy atom. The fraction of sp³-hybridized carbons (Fsp3) is 1.00. The minimum atomic E-state index is -0.794. The van der Waals surface area contributed by atoms with Crippen LogP contribution in [0.4, 0.5) is 0 Å². The van der Waals surface area contributed by atoms with Crippen molar-refractivity contribution in [2.24, 2.45) is 5.11 Å². The highest BCUT2D eigenvalue weighted by Crippen LogP contribution is 2.18. The Morgan fingerprint density at radius 3 is 2.69 bits per heavy atom. The molecule has 0 aliphatic carbocycles. The lowest BCUT2D eigenvalue weighted by atomic mass is 10.2. The third-order valence-electron chi connectivity index (χ3n) is 1.85. The zero-order valence-corrected chi connectivity index (χ0v) is 7.67. The van der Waals surface area contributed by atoms with Crippen molar-refractivity contribution in [2.45, 2.75) is 31.8 Å². The fourth-order valence-corrected chi connectivity index (χ4v) is 1.01. The van der Waals surface area contributed by atoms with Crippen LogP contribution < -0.4 is 0 Å². The Labute approximate surface area is 76.1 Å². The molecule has 0 spiro atoms. The van der Waals surface area contributed by atoms with Gasteiger partial charge in [0.1, 0.15) is 0 Å². The first kappa shape index (κ1) is 10.3. The van der Waals surface area contributed by atoms with Crippen molar-refractivity contribution in [3.05, 3.63) is 10.4 Å². The molecule has 1 saturated heterocycles. The number of aliphatic hydroxyl groups excluding tert-OH is 1. The van der Waals surface area contributed by atoms with Gasteiger partial charge in [-0.1, -0.05) is 5.11 Å². The van der Waals surface area contributed by atoms with Gasteiger partial charge in [-0.3, -0.25) is 0 Å². The van der Waals surface area contributed by atoms with Gasteiger partial charge in [-0.25, -0.2) is 0 Å². The molecule has 1 rings (SSSR count). The van der Waals surface area contributed by atoms with Gasteiger partial charge in [0.25, 0.3) is 0 Å². The molecule has 1 fully saturated rings. The largest absolute Gasteiger partial charge is 0.390 e. The number of nitrogens with zero attached hydrogens (tertiary/aromatic N) is 3. The lowest BCUT2D eigenvalue weighted by Gasteiger charge is -2.22. The molecular weight excluding hydrogens is 174 g/mol. The number of azide groups is 1. The standard InChI is InChI=1S/C7H13N3O3/c1-7(2)12-3-5(9-10-8)6(11)4-13-7/h5-6,11H,3-4H2,1-2H3/t5-,6-/m0/s1. The second kappa shape index (κ2) is 3.93. The van der Waals surface area contributed by atoms with Gasteiger partial charge >= 0.3 is 0 Å². The molecule has 74 valence electrons. The summed E-state index contributed by atoms with van der Waals surface area (Å²) in [6.45, 7) is 3.80. The van der Waals surface area contributed by atoms with E-state index in [4.69, 9.17) is 15.0 Å². The summed E-state index contributed by atoms with van der Waals surface area (Å²) in [5.74, 6) is -0.722. The fourth-order valence-electron chi connectivity index (χ4n) is 1.01. The third-order valence-corrected chi connectivity index (χ3v) is 1.85. The summed E-state index contributed by atoms with van der Waals surface area (Å²) < 4.78 is 10.5. The normalized spacial score (nSPS) is 33.2. The molecule has 1 N–H and O–H groups in total. The summed E-state index contributed by atoms with van der Waals surface area (Å²) >= 11 is 0. The van der Waals surface area contributed by atoms with E-state index in [2.05, 4.69) is 10.0 Å². The Hall–Kier alpha value is -0.810. The minimum absolute atomic E-state index is 0.122. The maximum Gasteiger partial charge on any atom is 0.162 e. The molecule has 1 aliphatic rings. The SMILES string of the molecule is CC1(C)OC[C@H](N=[N+]=[N-])[C@@H](O)CO1. The first-order valence-electron chi connectivity index (χ1n) is 4.05. The van der Waals surface area contributed by atoms with E-state index in [0.717, 1.165) is 0 Å². The van der Waals surface area contributed by atoms with Crippen LogP contribution in [0.25, 0.3) is 10.4 Å². The van der Waals surface area contributed by atoms with Crippen molar-refractivity contribution < 1.29 is 14.6 Å². The van der Waals surface area contributed by atoms with Crippen LogP contribution in [0.5, 0.6) is 0 Å². The van der Waals surface area contributed by atoms with Gasteiger partial charge in [-0.05, 0) is 19.4 Å². The maximum atomic E-state index is 9.44. The van der Waals surface area contributed by atoms with Crippen molar-refractivity contribution in [3.63, 3.8) is 0 Å². The summed E-state index contributed by atoms with van der Waals surface area (Å²) in [6, 6.07) is -0.563. The van der Waals surface area contributed by atoms with E-state index in [1.807, 2.05) is 0 Å². The number of rotatable bonds is 1. The Bertz CT molecular complexity index is 225. The zero-order chi connectivity index (χ0) is 9.90. The van der Waals surface area contributed by atoms with Crippen LogP contribution in [-0.4, -0.2) is 36.3 Å². The first-order chi connectivity index (χ1) is 6.05. The monoisotopic (exact) mass is 187 g/mol. The molecule has 1 aliphatic heterocycles. The summed E-state index contributed by atoms with van der Waals surface area (Å²) in [5, 5.41) is 12.9. The Morgan fingerprint density at radius 1 is 1.46 bits per heavy atom. The van der Waals surface area contributed by atoms with Crippen LogP contribution in [0.2, 0.25) is 0 Å². The van der Waals surface area contributed by atoms with Crippen LogP contribution in [0.3, 0.4) is 0 Å². The average Bonchev–Trinajstić information content (AvgIpc) is 2.18. The Balaban J connectivity index is 2.64. The molecule has 0 bridgehead atoms. The highest BCUT2D eigenvalue weighted by molar-refractivity contribution is 4.79. The molecular formula is C7H13N3O3. The van der Waals surface area contributed by atoms with Crippen molar-refractivity contribution >= 4 is 0 Å². The van der Waals surface area contributed by atoms with E-state index >= 15 is 0 Å². The molecule has 0 unspecified atom stereocenters. The minimum Gasteiger partial charge on any atom is -0.390 e. The van der Waals surface area contributed by atoms with Gasteiger partial charge in [0.05, 0.1) is 25.4 Å². The highest BCUT2D eigenvalue weighted by Gasteiger charge is 2.30. The zero-order valence-electron chi connectivity index (χ0n) is 7.67. The Kier molecular flexibility index (Phi) is 3.11. The summed E-state index contributed by atoms with van der Waals surface area (Å²) in [5.41, 5.74) is 8.21. The van der Waals surface area contributed by atoms with Crippen LogP contribution in [-0.2, 0) is 9.47 Å². The van der Waals surface area contributed by atoms with E-state index in [1.165, 1.54) is 0 Å². The quantitative estimate of drug-likeness (QED) is 0.374.